The van der Waals surface area contributed by atoms with E-state index in [1.165, 1.54) is 0 Å². The van der Waals surface area contributed by atoms with Crippen molar-refractivity contribution in [2.75, 3.05) is 19.6 Å². The molecule has 0 bridgehead atoms. The minimum atomic E-state index is 0.0416. The number of nitrogens with one attached hydrogen (secondary N) is 1. The van der Waals surface area contributed by atoms with Crippen molar-refractivity contribution < 1.29 is 0 Å². The molecule has 0 spiro atoms. The first-order valence-corrected chi connectivity index (χ1v) is 4.72. The Morgan fingerprint density at radius 1 is 1.54 bits per heavy atom. The molecular formula is C10H19N3. The Morgan fingerprint density at radius 3 is 2.69 bits per heavy atom. The van der Waals surface area contributed by atoms with E-state index in [0.717, 1.165) is 31.0 Å². The van der Waals surface area contributed by atoms with Crippen molar-refractivity contribution in [3.63, 3.8) is 0 Å². The molecule has 3 N–H and O–H groups in total. The van der Waals surface area contributed by atoms with Gasteiger partial charge in [-0.3, -0.25) is 4.99 Å². The Kier molecular flexibility index (Phi) is 3.09. The van der Waals surface area contributed by atoms with Crippen LogP contribution in [0.25, 0.3) is 0 Å². The monoisotopic (exact) mass is 181 g/mol. The fourth-order valence-electron chi connectivity index (χ4n) is 1.04. The summed E-state index contributed by atoms with van der Waals surface area (Å²) in [5, 5.41) is 3.26. The zero-order chi connectivity index (χ0) is 9.90. The van der Waals surface area contributed by atoms with Gasteiger partial charge in [0.05, 0.1) is 12.3 Å². The van der Waals surface area contributed by atoms with E-state index < -0.39 is 0 Å². The molecular weight excluding hydrogens is 162 g/mol. The number of nitrogens with zero attached hydrogens (tertiary/aromatic N) is 1. The molecule has 0 amide bonds. The third-order valence-corrected chi connectivity index (χ3v) is 2.10. The van der Waals surface area contributed by atoms with E-state index in [-0.39, 0.29) is 5.41 Å². The van der Waals surface area contributed by atoms with Crippen LogP contribution in [0.15, 0.2) is 16.8 Å². The number of rotatable bonds is 1. The highest BCUT2D eigenvalue weighted by atomic mass is 15.0. The maximum absolute atomic E-state index is 5.93. The van der Waals surface area contributed by atoms with Crippen molar-refractivity contribution in [2.24, 2.45) is 16.1 Å². The summed E-state index contributed by atoms with van der Waals surface area (Å²) >= 11 is 0. The molecule has 0 fully saturated rings. The molecule has 0 aromatic heterocycles. The predicted octanol–water partition coefficient (Wildman–Crippen LogP) is 0.919. The van der Waals surface area contributed by atoms with Gasteiger partial charge < -0.3 is 11.1 Å². The van der Waals surface area contributed by atoms with Crippen LogP contribution in [0.5, 0.6) is 0 Å². The Labute approximate surface area is 80.1 Å². The average molecular weight is 181 g/mol. The predicted molar refractivity (Wildman–Crippen MR) is 56.9 cm³/mol. The summed E-state index contributed by atoms with van der Waals surface area (Å²) < 4.78 is 0. The van der Waals surface area contributed by atoms with Gasteiger partial charge in [-0.2, -0.15) is 0 Å². The molecule has 0 atom stereocenters. The topological polar surface area (TPSA) is 50.4 Å². The van der Waals surface area contributed by atoms with Crippen LogP contribution in [-0.4, -0.2) is 25.3 Å². The zero-order valence-electron chi connectivity index (χ0n) is 8.72. The van der Waals surface area contributed by atoms with Crippen LogP contribution >= 0.6 is 0 Å². The van der Waals surface area contributed by atoms with Gasteiger partial charge in [0.1, 0.15) is 0 Å². The van der Waals surface area contributed by atoms with Gasteiger partial charge in [0.25, 0.3) is 0 Å². The van der Waals surface area contributed by atoms with Crippen LogP contribution in [0.3, 0.4) is 0 Å². The van der Waals surface area contributed by atoms with Crippen LogP contribution in [0.1, 0.15) is 20.8 Å². The molecule has 0 saturated heterocycles. The number of allylic oxidation sites excluding steroid dienone is 1. The second kappa shape index (κ2) is 3.92. The average Bonchev–Trinajstić information content (AvgIpc) is 2.04. The van der Waals surface area contributed by atoms with E-state index in [9.17, 15) is 0 Å². The summed E-state index contributed by atoms with van der Waals surface area (Å²) in [5.74, 6) is 0. The highest BCUT2D eigenvalue weighted by Gasteiger charge is 2.14. The van der Waals surface area contributed by atoms with Gasteiger partial charge in [-0.25, -0.2) is 0 Å². The summed E-state index contributed by atoms with van der Waals surface area (Å²) in [5.41, 5.74) is 7.94. The third kappa shape index (κ3) is 3.19. The number of hydrogen-bond acceptors (Lipinski definition) is 3. The second-order valence-corrected chi connectivity index (χ2v) is 4.40. The summed E-state index contributed by atoms with van der Waals surface area (Å²) in [6.07, 6.45) is 1.99. The van der Waals surface area contributed by atoms with Crippen molar-refractivity contribution in [3.05, 3.63) is 11.8 Å². The third-order valence-electron chi connectivity index (χ3n) is 2.10. The van der Waals surface area contributed by atoms with Crippen LogP contribution in [0.2, 0.25) is 0 Å². The van der Waals surface area contributed by atoms with Crippen LogP contribution < -0.4 is 11.1 Å². The van der Waals surface area contributed by atoms with Gasteiger partial charge in [0.15, 0.2) is 0 Å². The van der Waals surface area contributed by atoms with E-state index in [1.54, 1.807) is 0 Å². The van der Waals surface area contributed by atoms with E-state index >= 15 is 0 Å². The largest absolute Gasteiger partial charge is 0.402 e. The fraction of sp³-hybridized carbons (Fsp3) is 0.700. The van der Waals surface area contributed by atoms with Gasteiger partial charge in [0.2, 0.25) is 0 Å². The Morgan fingerprint density at radius 2 is 2.23 bits per heavy atom. The standard InChI is InChI=1S/C10H19N3/c1-10(2,3)9(11)6-8-7-12-4-5-13-8/h6,12H,4-5,7,11H2,1-3H3/b9-6-. The molecule has 1 aliphatic rings. The summed E-state index contributed by atoms with van der Waals surface area (Å²) in [4.78, 5) is 4.38. The number of nitrogens with two attached hydrogens (primary N) is 1. The molecule has 1 heterocycles. The molecule has 0 aliphatic carbocycles. The molecule has 3 nitrogen and oxygen atoms in total. The molecule has 0 aromatic carbocycles. The molecule has 1 aliphatic heterocycles. The first kappa shape index (κ1) is 10.3. The van der Waals surface area contributed by atoms with E-state index in [1.807, 2.05) is 6.08 Å². The maximum atomic E-state index is 5.93. The molecule has 3 heteroatoms. The molecule has 0 saturated carbocycles. The lowest BCUT2D eigenvalue weighted by Gasteiger charge is -2.20. The smallest absolute Gasteiger partial charge is 0.0518 e. The molecule has 0 aromatic rings. The number of hydrogen-bond donors (Lipinski definition) is 2. The van der Waals surface area contributed by atoms with Gasteiger partial charge in [0, 0.05) is 24.2 Å². The Bertz CT molecular complexity index is 233. The lowest BCUT2D eigenvalue weighted by Crippen LogP contribution is -2.31. The quantitative estimate of drug-likeness (QED) is 0.632. The van der Waals surface area contributed by atoms with Crippen molar-refractivity contribution in [1.82, 2.24) is 5.32 Å². The van der Waals surface area contributed by atoms with Crippen molar-refractivity contribution in [2.45, 2.75) is 20.8 Å². The normalized spacial score (nSPS) is 19.9. The summed E-state index contributed by atoms with van der Waals surface area (Å²) in [6, 6.07) is 0. The van der Waals surface area contributed by atoms with E-state index in [0.29, 0.717) is 0 Å². The van der Waals surface area contributed by atoms with Crippen molar-refractivity contribution in [3.8, 4) is 0 Å². The van der Waals surface area contributed by atoms with Gasteiger partial charge in [-0.15, -0.1) is 0 Å². The minimum Gasteiger partial charge on any atom is -0.402 e. The zero-order valence-corrected chi connectivity index (χ0v) is 8.72. The van der Waals surface area contributed by atoms with Crippen LogP contribution in [0, 0.1) is 5.41 Å². The SMILES string of the molecule is CC(C)(C)/C(N)=C/C1=NCCNC1. The van der Waals surface area contributed by atoms with E-state index in [2.05, 4.69) is 31.1 Å². The molecule has 13 heavy (non-hydrogen) atoms. The molecule has 0 radical (unpaired) electrons. The van der Waals surface area contributed by atoms with Gasteiger partial charge >= 0.3 is 0 Å². The second-order valence-electron chi connectivity index (χ2n) is 4.40. The Hall–Kier alpha value is -0.830. The summed E-state index contributed by atoms with van der Waals surface area (Å²) in [7, 11) is 0. The molecule has 74 valence electrons. The van der Waals surface area contributed by atoms with Gasteiger partial charge in [-0.05, 0) is 6.08 Å². The first-order chi connectivity index (χ1) is 6.00. The van der Waals surface area contributed by atoms with Crippen LogP contribution in [-0.2, 0) is 0 Å². The first-order valence-electron chi connectivity index (χ1n) is 4.72. The fourth-order valence-corrected chi connectivity index (χ4v) is 1.04. The molecule has 0 unspecified atom stereocenters. The Balaban J connectivity index is 2.69. The van der Waals surface area contributed by atoms with Gasteiger partial charge in [-0.1, -0.05) is 20.8 Å². The lowest BCUT2D eigenvalue weighted by molar-refractivity contribution is 0.498. The van der Waals surface area contributed by atoms with Crippen molar-refractivity contribution in [1.29, 1.82) is 0 Å². The van der Waals surface area contributed by atoms with E-state index in [4.69, 9.17) is 5.73 Å². The number of aliphatic imine (C=N–C) groups is 1. The highest BCUT2D eigenvalue weighted by molar-refractivity contribution is 5.97. The van der Waals surface area contributed by atoms with Crippen LogP contribution in [0.4, 0.5) is 0 Å². The summed E-state index contributed by atoms with van der Waals surface area (Å²) in [6.45, 7) is 9.01. The highest BCUT2D eigenvalue weighted by Crippen LogP contribution is 2.20. The lowest BCUT2D eigenvalue weighted by atomic mass is 9.91. The minimum absolute atomic E-state index is 0.0416. The van der Waals surface area contributed by atoms with Crippen molar-refractivity contribution >= 4 is 5.71 Å². The maximum Gasteiger partial charge on any atom is 0.0518 e. The molecule has 1 rings (SSSR count).